The summed E-state index contributed by atoms with van der Waals surface area (Å²) in [6.07, 6.45) is 0. The molecule has 0 aromatic heterocycles. The molecule has 2 aromatic rings. The van der Waals surface area contributed by atoms with Gasteiger partial charge in [0.2, 0.25) is 0 Å². The number of carbonyl (C=O) groups is 2. The molecule has 0 fully saturated rings. The van der Waals surface area contributed by atoms with Gasteiger partial charge < -0.3 is 0 Å². The molecular formula is C19H24Cl4N2O2. The molecule has 8 heteroatoms. The molecule has 3 N–H and O–H groups in total. The largest absolute Gasteiger partial charge is 0.276 e. The molecule has 2 rings (SSSR count). The number of aryl methyl sites for hydroxylation is 1. The van der Waals surface area contributed by atoms with Crippen molar-refractivity contribution < 1.29 is 9.59 Å². The maximum Gasteiger partial charge on any atom is 0.252 e. The lowest BCUT2D eigenvalue weighted by molar-refractivity contribution is 0.107. The van der Waals surface area contributed by atoms with Gasteiger partial charge in [0.25, 0.3) is 10.5 Å². The molecule has 0 unspecified atom stereocenters. The average molecular weight is 454 g/mol. The Labute approximate surface area is 181 Å². The second-order valence-electron chi connectivity index (χ2n) is 6.27. The van der Waals surface area contributed by atoms with E-state index in [0.29, 0.717) is 16.1 Å². The Hall–Kier alpha value is -1.14. The van der Waals surface area contributed by atoms with Crippen molar-refractivity contribution in [3.63, 3.8) is 0 Å². The summed E-state index contributed by atoms with van der Waals surface area (Å²) in [5, 5.41) is -0.237. The van der Waals surface area contributed by atoms with Gasteiger partial charge in [-0.25, -0.2) is 0 Å². The first kappa shape index (κ1) is 28.1. The summed E-state index contributed by atoms with van der Waals surface area (Å²) in [4.78, 5) is 21.1. The van der Waals surface area contributed by atoms with Crippen LogP contribution in [0, 0.1) is 6.92 Å². The zero-order valence-electron chi connectivity index (χ0n) is 15.6. The molecule has 0 aliphatic carbocycles. The lowest BCUT2D eigenvalue weighted by Crippen LogP contribution is -2.41. The molecular weight excluding hydrogens is 430 g/mol. The third kappa shape index (κ3) is 13.6. The van der Waals surface area contributed by atoms with Crippen LogP contribution in [-0.4, -0.2) is 16.0 Å². The Morgan fingerprint density at radius 1 is 0.963 bits per heavy atom. The van der Waals surface area contributed by atoms with E-state index in [2.05, 4.69) is 5.43 Å². The van der Waals surface area contributed by atoms with E-state index in [1.165, 1.54) is 0 Å². The normalized spacial score (nSPS) is 9.63. The third-order valence-electron chi connectivity index (χ3n) is 2.83. The van der Waals surface area contributed by atoms with Crippen molar-refractivity contribution in [3.8, 4) is 0 Å². The first-order valence-corrected chi connectivity index (χ1v) is 8.80. The van der Waals surface area contributed by atoms with Crippen LogP contribution in [0.25, 0.3) is 0 Å². The standard InChI is InChI=1S/C8H6Cl2O.C7H5ClO.C4H12N2.ClH/c1-5-4-6(9)2-3-7(5)8(10)11;8-7(9)6-4-2-1-3-5-6;1-4(2,3)6-5;/h2-4H,1H3;1-5H;6H,5H2,1-3H3;1H. The molecule has 4 nitrogen and oxygen atoms in total. The van der Waals surface area contributed by atoms with Gasteiger partial charge >= 0.3 is 0 Å². The lowest BCUT2D eigenvalue weighted by Gasteiger charge is -2.14. The third-order valence-corrected chi connectivity index (χ3v) is 3.49. The Morgan fingerprint density at radius 2 is 1.44 bits per heavy atom. The van der Waals surface area contributed by atoms with E-state index in [1.54, 1.807) is 49.4 Å². The predicted molar refractivity (Wildman–Crippen MR) is 117 cm³/mol. The number of hydrazine groups is 1. The predicted octanol–water partition coefficient (Wildman–Crippen LogP) is 5.76. The molecule has 27 heavy (non-hydrogen) atoms. The van der Waals surface area contributed by atoms with Crippen molar-refractivity contribution in [2.24, 2.45) is 5.84 Å². The molecule has 0 bridgehead atoms. The second kappa shape index (κ2) is 13.9. The smallest absolute Gasteiger partial charge is 0.252 e. The van der Waals surface area contributed by atoms with E-state index in [0.717, 1.165) is 5.56 Å². The van der Waals surface area contributed by atoms with Crippen molar-refractivity contribution in [2.45, 2.75) is 33.2 Å². The minimum absolute atomic E-state index is 0. The van der Waals surface area contributed by atoms with E-state index in [4.69, 9.17) is 40.6 Å². The molecule has 0 heterocycles. The van der Waals surface area contributed by atoms with Crippen molar-refractivity contribution >= 4 is 57.7 Å². The first-order chi connectivity index (χ1) is 12.0. The SMILES string of the molecule is CC(C)(C)NN.Cc1cc(Cl)ccc1C(=O)Cl.Cl.O=C(Cl)c1ccccc1. The van der Waals surface area contributed by atoms with Crippen LogP contribution in [0.15, 0.2) is 48.5 Å². The Morgan fingerprint density at radius 3 is 1.74 bits per heavy atom. The van der Waals surface area contributed by atoms with Gasteiger partial charge in [-0.2, -0.15) is 0 Å². The van der Waals surface area contributed by atoms with Crippen LogP contribution in [-0.2, 0) is 0 Å². The Bertz CT molecular complexity index is 717. The number of halogens is 4. The molecule has 0 aliphatic rings. The van der Waals surface area contributed by atoms with Crippen molar-refractivity contribution in [2.75, 3.05) is 0 Å². The van der Waals surface area contributed by atoms with Crippen LogP contribution in [0.3, 0.4) is 0 Å². The number of hydrogen-bond donors (Lipinski definition) is 2. The molecule has 0 spiro atoms. The number of nitrogens with two attached hydrogens (primary N) is 1. The minimum Gasteiger partial charge on any atom is -0.276 e. The highest BCUT2D eigenvalue weighted by Crippen LogP contribution is 2.16. The minimum atomic E-state index is -0.445. The highest BCUT2D eigenvalue weighted by atomic mass is 35.5. The molecule has 0 atom stereocenters. The fourth-order valence-corrected chi connectivity index (χ4v) is 1.98. The first-order valence-electron chi connectivity index (χ1n) is 7.66. The zero-order valence-corrected chi connectivity index (χ0v) is 18.6. The number of hydrogen-bond acceptors (Lipinski definition) is 4. The average Bonchev–Trinajstić information content (AvgIpc) is 2.55. The van der Waals surface area contributed by atoms with Crippen LogP contribution in [0.4, 0.5) is 0 Å². The van der Waals surface area contributed by atoms with Crippen LogP contribution >= 0.6 is 47.2 Å². The van der Waals surface area contributed by atoms with E-state index >= 15 is 0 Å². The topological polar surface area (TPSA) is 72.2 Å². The van der Waals surface area contributed by atoms with Gasteiger partial charge in [-0.15, -0.1) is 12.4 Å². The Balaban J connectivity index is 0. The molecule has 0 radical (unpaired) electrons. The van der Waals surface area contributed by atoms with Gasteiger partial charge in [0.05, 0.1) is 0 Å². The van der Waals surface area contributed by atoms with Gasteiger partial charge in [-0.05, 0) is 74.7 Å². The summed E-state index contributed by atoms with van der Waals surface area (Å²) < 4.78 is 0. The number of carbonyl (C=O) groups excluding carboxylic acids is 2. The highest BCUT2D eigenvalue weighted by Gasteiger charge is 2.04. The summed E-state index contributed by atoms with van der Waals surface area (Å²) in [6, 6.07) is 13.7. The highest BCUT2D eigenvalue weighted by molar-refractivity contribution is 6.68. The molecule has 0 amide bonds. The van der Waals surface area contributed by atoms with Crippen LogP contribution in [0.5, 0.6) is 0 Å². The van der Waals surface area contributed by atoms with Crippen LogP contribution in [0.1, 0.15) is 47.1 Å². The summed E-state index contributed by atoms with van der Waals surface area (Å²) in [7, 11) is 0. The van der Waals surface area contributed by atoms with Gasteiger partial charge in [0.1, 0.15) is 0 Å². The van der Waals surface area contributed by atoms with Crippen molar-refractivity contribution in [3.05, 3.63) is 70.2 Å². The van der Waals surface area contributed by atoms with Gasteiger partial charge in [0.15, 0.2) is 0 Å². The zero-order chi connectivity index (χ0) is 20.3. The molecule has 0 aliphatic heterocycles. The van der Waals surface area contributed by atoms with Gasteiger partial charge in [-0.1, -0.05) is 41.9 Å². The van der Waals surface area contributed by atoms with E-state index in [9.17, 15) is 9.59 Å². The van der Waals surface area contributed by atoms with Crippen molar-refractivity contribution in [1.82, 2.24) is 5.43 Å². The quantitative estimate of drug-likeness (QED) is 0.344. The molecule has 0 saturated heterocycles. The maximum absolute atomic E-state index is 10.7. The lowest BCUT2D eigenvalue weighted by atomic mass is 10.1. The second-order valence-corrected chi connectivity index (χ2v) is 7.39. The summed E-state index contributed by atoms with van der Waals surface area (Å²) >= 11 is 16.1. The number of rotatable bonds is 2. The fourth-order valence-electron chi connectivity index (χ4n) is 1.42. The maximum atomic E-state index is 10.7. The van der Waals surface area contributed by atoms with Gasteiger partial charge in [0, 0.05) is 21.7 Å². The van der Waals surface area contributed by atoms with E-state index in [-0.39, 0.29) is 17.9 Å². The fraction of sp³-hybridized carbons (Fsp3) is 0.263. The van der Waals surface area contributed by atoms with Crippen LogP contribution < -0.4 is 11.3 Å². The van der Waals surface area contributed by atoms with Crippen LogP contribution in [0.2, 0.25) is 5.02 Å². The van der Waals surface area contributed by atoms with Gasteiger partial charge in [-0.3, -0.25) is 20.9 Å². The number of benzene rings is 2. The summed E-state index contributed by atoms with van der Waals surface area (Å²) in [5.74, 6) is 5.06. The molecule has 2 aromatic carbocycles. The monoisotopic (exact) mass is 452 g/mol. The summed E-state index contributed by atoms with van der Waals surface area (Å²) in [5.41, 5.74) is 4.53. The number of nitrogens with one attached hydrogen (secondary N) is 1. The summed E-state index contributed by atoms with van der Waals surface area (Å²) in [6.45, 7) is 7.81. The molecule has 150 valence electrons. The van der Waals surface area contributed by atoms with E-state index in [1.807, 2.05) is 26.8 Å². The van der Waals surface area contributed by atoms with Crippen molar-refractivity contribution in [1.29, 1.82) is 0 Å². The van der Waals surface area contributed by atoms with E-state index < -0.39 is 10.5 Å². The Kier molecular flexibility index (Phi) is 14.5. The molecule has 0 saturated carbocycles.